The first-order valence-electron chi connectivity index (χ1n) is 6.41. The van der Waals surface area contributed by atoms with E-state index < -0.39 is 0 Å². The molecule has 0 radical (unpaired) electrons. The third-order valence-electron chi connectivity index (χ3n) is 3.19. The van der Waals surface area contributed by atoms with E-state index in [1.807, 2.05) is 44.2 Å². The topological polar surface area (TPSA) is 42.1 Å². The Balaban J connectivity index is 2.17. The number of rotatable bonds is 4. The third-order valence-corrected chi connectivity index (χ3v) is 4.89. The molecule has 0 spiro atoms. The van der Waals surface area contributed by atoms with Crippen LogP contribution in [0.5, 0.6) is 0 Å². The van der Waals surface area contributed by atoms with Crippen molar-refractivity contribution in [2.45, 2.75) is 20.5 Å². The van der Waals surface area contributed by atoms with Gasteiger partial charge < -0.3 is 9.72 Å². The van der Waals surface area contributed by atoms with Gasteiger partial charge >= 0.3 is 5.97 Å². The second-order valence-corrected chi connectivity index (χ2v) is 5.96. The van der Waals surface area contributed by atoms with Crippen molar-refractivity contribution in [2.75, 3.05) is 0 Å². The Labute approximate surface area is 140 Å². The second-order valence-electron chi connectivity index (χ2n) is 4.64. The summed E-state index contributed by atoms with van der Waals surface area (Å²) in [7, 11) is 0. The summed E-state index contributed by atoms with van der Waals surface area (Å²) < 4.78 is 6.25. The number of carbonyl (C=O) groups excluding carboxylic acids is 1. The second kappa shape index (κ2) is 7.09. The fourth-order valence-corrected chi connectivity index (χ4v) is 2.99. The zero-order valence-corrected chi connectivity index (χ0v) is 14.9. The molecule has 0 aliphatic carbocycles. The van der Waals surface area contributed by atoms with Crippen LogP contribution in [0.1, 0.15) is 32.9 Å². The smallest absolute Gasteiger partial charge is 0.355 e. The van der Waals surface area contributed by atoms with E-state index in [9.17, 15) is 4.79 Å². The van der Waals surface area contributed by atoms with Crippen molar-refractivity contribution in [2.24, 2.45) is 0 Å². The zero-order valence-electron chi connectivity index (χ0n) is 11.7. The number of aromatic amines is 1. The van der Waals surface area contributed by atoms with Gasteiger partial charge in [-0.05, 0) is 45.9 Å². The summed E-state index contributed by atoms with van der Waals surface area (Å²) in [5.74, 6) is -0.347. The highest BCUT2D eigenvalue weighted by Crippen LogP contribution is 2.31. The molecule has 0 aliphatic heterocycles. The normalized spacial score (nSPS) is 11.5. The van der Waals surface area contributed by atoms with Gasteiger partial charge in [0.1, 0.15) is 12.3 Å². The molecule has 2 aromatic rings. The van der Waals surface area contributed by atoms with Gasteiger partial charge in [0, 0.05) is 15.7 Å². The first-order chi connectivity index (χ1) is 10.0. The molecule has 0 aliphatic rings. The van der Waals surface area contributed by atoms with Crippen molar-refractivity contribution in [3.8, 4) is 0 Å². The number of hydrogen-bond donors (Lipinski definition) is 1. The molecule has 0 amide bonds. The average molecular weight is 413 g/mol. The van der Waals surface area contributed by atoms with E-state index in [1.54, 1.807) is 4.99 Å². The maximum absolute atomic E-state index is 12.2. The van der Waals surface area contributed by atoms with Gasteiger partial charge in [-0.25, -0.2) is 4.79 Å². The van der Waals surface area contributed by atoms with Gasteiger partial charge in [0.15, 0.2) is 0 Å². The quantitative estimate of drug-likeness (QED) is 0.711. The van der Waals surface area contributed by atoms with E-state index in [2.05, 4.69) is 36.8 Å². The summed E-state index contributed by atoms with van der Waals surface area (Å²) >= 11 is 6.76. The maximum atomic E-state index is 12.2. The minimum absolute atomic E-state index is 0.266. The highest BCUT2D eigenvalue weighted by molar-refractivity contribution is 9.16. The Hall–Kier alpha value is -1.33. The van der Waals surface area contributed by atoms with E-state index in [0.717, 1.165) is 26.9 Å². The van der Waals surface area contributed by atoms with Crippen molar-refractivity contribution < 1.29 is 9.53 Å². The SMILES string of the molecule is Cc1[nH]c(C(=O)OCc2ccccc2)c(C)c1/C(Br)=C/Br. The number of benzene rings is 1. The molecule has 0 unspecified atom stereocenters. The molecule has 1 aromatic carbocycles. The fourth-order valence-electron chi connectivity index (χ4n) is 2.16. The fraction of sp³-hybridized carbons (Fsp3) is 0.188. The van der Waals surface area contributed by atoms with Gasteiger partial charge in [-0.3, -0.25) is 0 Å². The largest absolute Gasteiger partial charge is 0.456 e. The van der Waals surface area contributed by atoms with Gasteiger partial charge in [-0.2, -0.15) is 0 Å². The molecule has 0 fully saturated rings. The van der Waals surface area contributed by atoms with Gasteiger partial charge in [0.25, 0.3) is 0 Å². The molecular formula is C16H15Br2NO2. The Morgan fingerprint density at radius 3 is 2.57 bits per heavy atom. The molecule has 1 aromatic heterocycles. The number of H-pyrrole nitrogens is 1. The van der Waals surface area contributed by atoms with Crippen LogP contribution in [0, 0.1) is 13.8 Å². The van der Waals surface area contributed by atoms with E-state index in [1.165, 1.54) is 0 Å². The monoisotopic (exact) mass is 411 g/mol. The summed E-state index contributed by atoms with van der Waals surface area (Å²) in [6, 6.07) is 9.62. The molecule has 2 rings (SSSR count). The van der Waals surface area contributed by atoms with Gasteiger partial charge in [-0.1, -0.05) is 46.3 Å². The predicted octanol–water partition coefficient (Wildman–Crippen LogP) is 5.08. The zero-order chi connectivity index (χ0) is 15.4. The summed E-state index contributed by atoms with van der Waals surface area (Å²) in [5, 5.41) is 0. The van der Waals surface area contributed by atoms with Gasteiger partial charge in [0.05, 0.1) is 0 Å². The van der Waals surface area contributed by atoms with E-state index in [0.29, 0.717) is 5.69 Å². The number of carbonyl (C=O) groups is 1. The van der Waals surface area contributed by atoms with E-state index >= 15 is 0 Å². The highest BCUT2D eigenvalue weighted by atomic mass is 79.9. The molecule has 0 saturated heterocycles. The van der Waals surface area contributed by atoms with Crippen LogP contribution in [0.3, 0.4) is 0 Å². The van der Waals surface area contributed by atoms with Crippen LogP contribution in [0.25, 0.3) is 4.48 Å². The number of nitrogens with one attached hydrogen (secondary N) is 1. The molecule has 0 atom stereocenters. The van der Waals surface area contributed by atoms with E-state index in [-0.39, 0.29) is 12.6 Å². The number of esters is 1. The summed E-state index contributed by atoms with van der Waals surface area (Å²) in [5.41, 5.74) is 4.21. The van der Waals surface area contributed by atoms with Crippen molar-refractivity contribution >= 4 is 42.3 Å². The number of aryl methyl sites for hydroxylation is 1. The predicted molar refractivity (Wildman–Crippen MR) is 91.7 cm³/mol. The minimum atomic E-state index is -0.347. The molecule has 0 bridgehead atoms. The van der Waals surface area contributed by atoms with Gasteiger partial charge in [-0.15, -0.1) is 0 Å². The molecule has 21 heavy (non-hydrogen) atoms. The van der Waals surface area contributed by atoms with Crippen molar-refractivity contribution in [3.63, 3.8) is 0 Å². The number of hydrogen-bond acceptors (Lipinski definition) is 2. The lowest BCUT2D eigenvalue weighted by Gasteiger charge is -2.05. The molecular weight excluding hydrogens is 398 g/mol. The van der Waals surface area contributed by atoms with Crippen LogP contribution >= 0.6 is 31.9 Å². The minimum Gasteiger partial charge on any atom is -0.456 e. The molecule has 0 saturated carbocycles. The summed E-state index contributed by atoms with van der Waals surface area (Å²) in [6.45, 7) is 4.09. The van der Waals surface area contributed by atoms with Crippen LogP contribution in [0.15, 0.2) is 35.3 Å². The van der Waals surface area contributed by atoms with E-state index in [4.69, 9.17) is 4.74 Å². The molecule has 1 N–H and O–H groups in total. The van der Waals surface area contributed by atoms with Crippen molar-refractivity contribution in [1.82, 2.24) is 4.98 Å². The number of halogens is 2. The van der Waals surface area contributed by atoms with Crippen LogP contribution in [-0.2, 0) is 11.3 Å². The summed E-state index contributed by atoms with van der Waals surface area (Å²) in [6.07, 6.45) is 0. The number of aromatic nitrogens is 1. The molecule has 5 heteroatoms. The van der Waals surface area contributed by atoms with Gasteiger partial charge in [0.2, 0.25) is 0 Å². The standard InChI is InChI=1S/C16H15Br2NO2/c1-10-14(13(18)8-17)11(2)19-15(10)16(20)21-9-12-6-4-3-5-7-12/h3-8,19H,9H2,1-2H3/b13-8-. The van der Waals surface area contributed by atoms with Crippen LogP contribution < -0.4 is 0 Å². The Kier molecular flexibility index (Phi) is 5.42. The maximum Gasteiger partial charge on any atom is 0.355 e. The molecule has 1 heterocycles. The average Bonchev–Trinajstić information content (AvgIpc) is 2.80. The van der Waals surface area contributed by atoms with Crippen LogP contribution in [0.4, 0.5) is 0 Å². The highest BCUT2D eigenvalue weighted by Gasteiger charge is 2.19. The first kappa shape index (κ1) is 16.0. The summed E-state index contributed by atoms with van der Waals surface area (Å²) in [4.78, 5) is 17.1. The van der Waals surface area contributed by atoms with Crippen molar-refractivity contribution in [3.05, 3.63) is 63.4 Å². The van der Waals surface area contributed by atoms with Crippen LogP contribution in [-0.4, -0.2) is 11.0 Å². The Morgan fingerprint density at radius 1 is 1.29 bits per heavy atom. The Bertz CT molecular complexity index is 675. The lowest BCUT2D eigenvalue weighted by atomic mass is 10.1. The lowest BCUT2D eigenvalue weighted by molar-refractivity contribution is 0.0465. The van der Waals surface area contributed by atoms with Crippen LogP contribution in [0.2, 0.25) is 0 Å². The number of ether oxygens (including phenoxy) is 1. The lowest BCUT2D eigenvalue weighted by Crippen LogP contribution is -2.07. The van der Waals surface area contributed by atoms with Crippen molar-refractivity contribution in [1.29, 1.82) is 0 Å². The first-order valence-corrected chi connectivity index (χ1v) is 8.12. The third kappa shape index (κ3) is 3.66. The molecule has 110 valence electrons. The molecule has 3 nitrogen and oxygen atoms in total. The Morgan fingerprint density at radius 2 is 1.95 bits per heavy atom.